The fraction of sp³-hybridized carbons (Fsp3) is 0.280. The van der Waals surface area contributed by atoms with Crippen LogP contribution in [0, 0.1) is 11.7 Å². The Balaban J connectivity index is 1.25. The first-order valence-electron chi connectivity index (χ1n) is 11.0. The molecule has 1 aliphatic rings. The minimum absolute atomic E-state index is 0.0126. The molecule has 1 fully saturated rings. The highest BCUT2D eigenvalue weighted by molar-refractivity contribution is 5.80. The van der Waals surface area contributed by atoms with Crippen molar-refractivity contribution < 1.29 is 19.0 Å². The van der Waals surface area contributed by atoms with Crippen molar-refractivity contribution in [3.05, 3.63) is 60.7 Å². The molecular formula is C25H23FN4O3. The SMILES string of the molecule is O=C(O)CC1CCC(Oc2ncc(-c3ccc(-c4nc5ccccc5[nH]4)c(F)c3)cn2)CC1. The van der Waals surface area contributed by atoms with E-state index >= 15 is 0 Å². The van der Waals surface area contributed by atoms with Gasteiger partial charge in [0.25, 0.3) is 0 Å². The van der Waals surface area contributed by atoms with E-state index in [0.717, 1.165) is 36.7 Å². The summed E-state index contributed by atoms with van der Waals surface area (Å²) in [5.41, 5.74) is 3.38. The zero-order valence-electron chi connectivity index (χ0n) is 17.9. The van der Waals surface area contributed by atoms with Crippen molar-refractivity contribution in [2.45, 2.75) is 38.2 Å². The van der Waals surface area contributed by atoms with E-state index < -0.39 is 5.97 Å². The lowest BCUT2D eigenvalue weighted by Crippen LogP contribution is -2.25. The molecule has 2 aromatic heterocycles. The molecule has 0 saturated heterocycles. The number of hydrogen-bond acceptors (Lipinski definition) is 5. The second-order valence-corrected chi connectivity index (χ2v) is 8.41. The van der Waals surface area contributed by atoms with Gasteiger partial charge in [0.05, 0.1) is 16.6 Å². The molecule has 4 aromatic rings. The molecule has 0 spiro atoms. The summed E-state index contributed by atoms with van der Waals surface area (Å²) in [6.07, 6.45) is 6.67. The topological polar surface area (TPSA) is 101 Å². The molecule has 0 amide bonds. The summed E-state index contributed by atoms with van der Waals surface area (Å²) >= 11 is 0. The Labute approximate surface area is 189 Å². The number of para-hydroxylation sites is 2. The van der Waals surface area contributed by atoms with E-state index in [-0.39, 0.29) is 30.3 Å². The molecule has 0 bridgehead atoms. The number of hydrogen-bond donors (Lipinski definition) is 2. The lowest BCUT2D eigenvalue weighted by molar-refractivity contribution is -0.138. The van der Waals surface area contributed by atoms with Gasteiger partial charge in [0.2, 0.25) is 0 Å². The molecule has 7 nitrogen and oxygen atoms in total. The number of benzene rings is 2. The highest BCUT2D eigenvalue weighted by atomic mass is 19.1. The monoisotopic (exact) mass is 446 g/mol. The molecule has 2 aromatic carbocycles. The number of imidazole rings is 1. The lowest BCUT2D eigenvalue weighted by atomic mass is 9.85. The first kappa shape index (κ1) is 21.1. The zero-order valence-corrected chi connectivity index (χ0v) is 17.9. The molecule has 1 saturated carbocycles. The summed E-state index contributed by atoms with van der Waals surface area (Å²) in [4.78, 5) is 27.0. The average Bonchev–Trinajstić information content (AvgIpc) is 3.24. The molecule has 1 aliphatic carbocycles. The Morgan fingerprint density at radius 2 is 1.82 bits per heavy atom. The molecule has 168 valence electrons. The van der Waals surface area contributed by atoms with Gasteiger partial charge in [-0.1, -0.05) is 18.2 Å². The third kappa shape index (κ3) is 4.69. The van der Waals surface area contributed by atoms with Crippen LogP contribution in [-0.4, -0.2) is 37.1 Å². The Bertz CT molecular complexity index is 1250. The van der Waals surface area contributed by atoms with Crippen LogP contribution in [0.3, 0.4) is 0 Å². The molecule has 8 heteroatoms. The number of carboxylic acids is 1. The lowest BCUT2D eigenvalue weighted by Gasteiger charge is -2.27. The van der Waals surface area contributed by atoms with Gasteiger partial charge >= 0.3 is 12.0 Å². The molecule has 0 unspecified atom stereocenters. The number of fused-ring (bicyclic) bond motifs is 1. The molecule has 0 atom stereocenters. The van der Waals surface area contributed by atoms with Crippen LogP contribution >= 0.6 is 0 Å². The molecular weight excluding hydrogens is 423 g/mol. The molecule has 0 aliphatic heterocycles. The third-order valence-corrected chi connectivity index (χ3v) is 6.10. The number of nitrogens with zero attached hydrogens (tertiary/aromatic N) is 3. The van der Waals surface area contributed by atoms with Crippen LogP contribution in [0.25, 0.3) is 33.5 Å². The summed E-state index contributed by atoms with van der Waals surface area (Å²) in [6.45, 7) is 0. The van der Waals surface area contributed by atoms with E-state index in [1.165, 1.54) is 6.07 Å². The molecule has 2 heterocycles. The Hall–Kier alpha value is -3.81. The van der Waals surface area contributed by atoms with Crippen molar-refractivity contribution >= 4 is 17.0 Å². The molecule has 2 N–H and O–H groups in total. The van der Waals surface area contributed by atoms with E-state index in [2.05, 4.69) is 19.9 Å². The van der Waals surface area contributed by atoms with E-state index in [1.54, 1.807) is 18.5 Å². The quantitative estimate of drug-likeness (QED) is 0.420. The minimum atomic E-state index is -0.750. The van der Waals surface area contributed by atoms with Gasteiger partial charge in [0.1, 0.15) is 17.7 Å². The van der Waals surface area contributed by atoms with E-state index in [4.69, 9.17) is 9.84 Å². The van der Waals surface area contributed by atoms with Crippen molar-refractivity contribution in [3.8, 4) is 28.5 Å². The average molecular weight is 446 g/mol. The summed E-state index contributed by atoms with van der Waals surface area (Å²) in [7, 11) is 0. The van der Waals surface area contributed by atoms with Crippen LogP contribution in [0.4, 0.5) is 4.39 Å². The number of H-pyrrole nitrogens is 1. The maximum Gasteiger partial charge on any atom is 0.316 e. The van der Waals surface area contributed by atoms with Crippen LogP contribution < -0.4 is 4.74 Å². The number of ether oxygens (including phenoxy) is 1. The van der Waals surface area contributed by atoms with Crippen molar-refractivity contribution in [3.63, 3.8) is 0 Å². The summed E-state index contributed by atoms with van der Waals surface area (Å²) in [5.74, 6) is -0.438. The van der Waals surface area contributed by atoms with Gasteiger partial charge in [0, 0.05) is 24.4 Å². The number of rotatable bonds is 6. The molecule has 0 radical (unpaired) electrons. The smallest absolute Gasteiger partial charge is 0.316 e. The number of nitrogens with one attached hydrogen (secondary N) is 1. The number of carbonyl (C=O) groups is 1. The van der Waals surface area contributed by atoms with Gasteiger partial charge in [0.15, 0.2) is 0 Å². The minimum Gasteiger partial charge on any atom is -0.481 e. The van der Waals surface area contributed by atoms with Crippen molar-refractivity contribution in [1.82, 2.24) is 19.9 Å². The van der Waals surface area contributed by atoms with Gasteiger partial charge in [-0.05, 0) is 61.4 Å². The summed E-state index contributed by atoms with van der Waals surface area (Å²) in [6, 6.07) is 12.8. The highest BCUT2D eigenvalue weighted by Gasteiger charge is 2.24. The number of carboxylic acid groups (broad SMARTS) is 1. The van der Waals surface area contributed by atoms with Crippen LogP contribution in [0.5, 0.6) is 6.01 Å². The van der Waals surface area contributed by atoms with Crippen molar-refractivity contribution in [2.75, 3.05) is 0 Å². The first-order valence-corrected chi connectivity index (χ1v) is 11.0. The fourth-order valence-corrected chi connectivity index (χ4v) is 4.34. The maximum atomic E-state index is 14.9. The van der Waals surface area contributed by atoms with Crippen molar-refractivity contribution in [1.29, 1.82) is 0 Å². The first-order chi connectivity index (χ1) is 16.0. The summed E-state index contributed by atoms with van der Waals surface area (Å²) in [5, 5.41) is 8.93. The summed E-state index contributed by atoms with van der Waals surface area (Å²) < 4.78 is 20.8. The number of aromatic nitrogens is 4. The normalized spacial score (nSPS) is 18.3. The van der Waals surface area contributed by atoms with Crippen LogP contribution in [0.2, 0.25) is 0 Å². The van der Waals surface area contributed by atoms with E-state index in [0.29, 0.717) is 22.5 Å². The Morgan fingerprint density at radius 1 is 1.06 bits per heavy atom. The van der Waals surface area contributed by atoms with Gasteiger partial charge < -0.3 is 14.8 Å². The fourth-order valence-electron chi connectivity index (χ4n) is 4.34. The molecule has 5 rings (SSSR count). The van der Waals surface area contributed by atoms with Gasteiger partial charge in [-0.15, -0.1) is 0 Å². The van der Waals surface area contributed by atoms with Gasteiger partial charge in [-0.2, -0.15) is 0 Å². The zero-order chi connectivity index (χ0) is 22.8. The second-order valence-electron chi connectivity index (χ2n) is 8.41. The van der Waals surface area contributed by atoms with Gasteiger partial charge in [-0.25, -0.2) is 19.3 Å². The van der Waals surface area contributed by atoms with Gasteiger partial charge in [-0.3, -0.25) is 4.79 Å². The van der Waals surface area contributed by atoms with Crippen LogP contribution in [0.15, 0.2) is 54.9 Å². The predicted molar refractivity (Wildman–Crippen MR) is 121 cm³/mol. The number of halogens is 1. The number of aromatic amines is 1. The van der Waals surface area contributed by atoms with Crippen molar-refractivity contribution in [2.24, 2.45) is 5.92 Å². The Morgan fingerprint density at radius 3 is 2.52 bits per heavy atom. The molecule has 33 heavy (non-hydrogen) atoms. The van der Waals surface area contributed by atoms with E-state index in [1.807, 2.05) is 30.3 Å². The van der Waals surface area contributed by atoms with Crippen LogP contribution in [0.1, 0.15) is 32.1 Å². The largest absolute Gasteiger partial charge is 0.481 e. The highest BCUT2D eigenvalue weighted by Crippen LogP contribution is 2.30. The Kier molecular flexibility index (Phi) is 5.73. The third-order valence-electron chi connectivity index (χ3n) is 6.10. The predicted octanol–water partition coefficient (Wildman–Crippen LogP) is 5.24. The number of aliphatic carboxylic acids is 1. The second kappa shape index (κ2) is 8.97. The van der Waals surface area contributed by atoms with Crippen LogP contribution in [-0.2, 0) is 4.79 Å². The van der Waals surface area contributed by atoms with E-state index in [9.17, 15) is 9.18 Å². The standard InChI is InChI=1S/C25H23FN4O3/c26-20-12-16(7-10-19(20)24-29-21-3-1-2-4-22(21)30-24)17-13-27-25(28-14-17)33-18-8-5-15(6-9-18)11-23(31)32/h1-4,7,10,12-15,18H,5-6,8-9,11H2,(H,29,30)(H,31,32). The maximum absolute atomic E-state index is 14.9.